The van der Waals surface area contributed by atoms with Crippen LogP contribution in [-0.2, 0) is 4.74 Å². The first-order chi connectivity index (χ1) is 13.7. The Hall–Kier alpha value is -2.84. The van der Waals surface area contributed by atoms with E-state index in [0.717, 1.165) is 30.5 Å². The highest BCUT2D eigenvalue weighted by Gasteiger charge is 2.23. The number of hydrogen-bond donors (Lipinski definition) is 1. The predicted molar refractivity (Wildman–Crippen MR) is 104 cm³/mol. The van der Waals surface area contributed by atoms with Crippen molar-refractivity contribution in [1.29, 1.82) is 0 Å². The number of ether oxygens (including phenoxy) is 1. The van der Waals surface area contributed by atoms with Crippen LogP contribution in [0.25, 0.3) is 22.2 Å². The van der Waals surface area contributed by atoms with Crippen LogP contribution in [0.1, 0.15) is 10.4 Å². The Bertz CT molecular complexity index is 982. The highest BCUT2D eigenvalue weighted by Crippen LogP contribution is 2.27. The van der Waals surface area contributed by atoms with Gasteiger partial charge in [-0.05, 0) is 24.3 Å². The molecule has 8 heteroatoms. The summed E-state index contributed by atoms with van der Waals surface area (Å²) in [5.41, 5.74) is 2.32. The molecule has 0 spiro atoms. The van der Waals surface area contributed by atoms with Crippen LogP contribution in [-0.4, -0.2) is 77.3 Å². The van der Waals surface area contributed by atoms with Gasteiger partial charge in [0.25, 0.3) is 5.91 Å². The minimum absolute atomic E-state index is 0.161. The number of aromatic amines is 1. The number of nitrogens with zero attached hydrogens (tertiary/aromatic N) is 4. The maximum Gasteiger partial charge on any atom is 0.254 e. The van der Waals surface area contributed by atoms with Crippen molar-refractivity contribution < 1.29 is 13.9 Å². The molecule has 146 valence electrons. The molecule has 1 amide bonds. The highest BCUT2D eigenvalue weighted by molar-refractivity contribution is 5.97. The Labute approximate surface area is 162 Å². The molecule has 0 atom stereocenters. The normalized spacial score (nSPS) is 15.3. The standard InChI is InChI=1S/C20H22FN5O2/c1-28-9-8-25-4-6-26(7-5-25)20(27)15-10-14(11-16(21)12-15)19-17-13-23-24-18(17)2-3-22-19/h2-3,10-13H,4-9H2,1H3,(H,23,24). The summed E-state index contributed by atoms with van der Waals surface area (Å²) in [4.78, 5) is 21.3. The van der Waals surface area contributed by atoms with Crippen LogP contribution in [0, 0.1) is 5.82 Å². The van der Waals surface area contributed by atoms with E-state index in [-0.39, 0.29) is 5.91 Å². The van der Waals surface area contributed by atoms with Crippen molar-refractivity contribution in [3.63, 3.8) is 0 Å². The number of rotatable bonds is 5. The molecule has 3 aromatic rings. The molecule has 0 bridgehead atoms. The minimum Gasteiger partial charge on any atom is -0.383 e. The van der Waals surface area contributed by atoms with Gasteiger partial charge in [-0.15, -0.1) is 0 Å². The lowest BCUT2D eigenvalue weighted by atomic mass is 10.0. The van der Waals surface area contributed by atoms with Gasteiger partial charge >= 0.3 is 0 Å². The lowest BCUT2D eigenvalue weighted by molar-refractivity contribution is 0.0594. The maximum atomic E-state index is 14.3. The summed E-state index contributed by atoms with van der Waals surface area (Å²) in [7, 11) is 1.68. The van der Waals surface area contributed by atoms with Gasteiger partial charge in [0.15, 0.2) is 0 Å². The van der Waals surface area contributed by atoms with Gasteiger partial charge in [-0.25, -0.2) is 4.39 Å². The molecule has 1 fully saturated rings. The van der Waals surface area contributed by atoms with E-state index in [2.05, 4.69) is 20.1 Å². The minimum atomic E-state index is -0.457. The number of H-pyrrole nitrogens is 1. The number of benzene rings is 1. The Morgan fingerprint density at radius 1 is 1.25 bits per heavy atom. The van der Waals surface area contributed by atoms with Gasteiger partial charge in [0.05, 0.1) is 24.0 Å². The molecular formula is C20H22FN5O2. The summed E-state index contributed by atoms with van der Waals surface area (Å²) in [5, 5.41) is 7.69. The number of halogens is 1. The van der Waals surface area contributed by atoms with E-state index in [4.69, 9.17) is 4.74 Å². The molecule has 0 aliphatic carbocycles. The largest absolute Gasteiger partial charge is 0.383 e. The Morgan fingerprint density at radius 3 is 2.86 bits per heavy atom. The fraction of sp³-hybridized carbons (Fsp3) is 0.350. The lowest BCUT2D eigenvalue weighted by Crippen LogP contribution is -2.49. The maximum absolute atomic E-state index is 14.3. The summed E-state index contributed by atoms with van der Waals surface area (Å²) < 4.78 is 19.4. The van der Waals surface area contributed by atoms with Crippen LogP contribution in [0.5, 0.6) is 0 Å². The molecule has 2 aromatic heterocycles. The van der Waals surface area contributed by atoms with Crippen LogP contribution in [0.15, 0.2) is 36.7 Å². The van der Waals surface area contributed by atoms with E-state index in [9.17, 15) is 9.18 Å². The smallest absolute Gasteiger partial charge is 0.254 e. The average Bonchev–Trinajstić information content (AvgIpc) is 3.20. The van der Waals surface area contributed by atoms with E-state index in [1.165, 1.54) is 12.1 Å². The average molecular weight is 383 g/mol. The summed E-state index contributed by atoms with van der Waals surface area (Å²) in [6.45, 7) is 4.32. The number of methoxy groups -OCH3 is 1. The summed E-state index contributed by atoms with van der Waals surface area (Å²) in [5.74, 6) is -0.617. The fourth-order valence-electron chi connectivity index (χ4n) is 3.53. The summed E-state index contributed by atoms with van der Waals surface area (Å²) in [6, 6.07) is 6.20. The second-order valence-electron chi connectivity index (χ2n) is 6.85. The van der Waals surface area contributed by atoms with Crippen LogP contribution >= 0.6 is 0 Å². The van der Waals surface area contributed by atoms with Crippen molar-refractivity contribution in [3.8, 4) is 11.3 Å². The number of amides is 1. The number of aromatic nitrogens is 3. The molecule has 1 aromatic carbocycles. The summed E-state index contributed by atoms with van der Waals surface area (Å²) >= 11 is 0. The van der Waals surface area contributed by atoms with E-state index >= 15 is 0 Å². The van der Waals surface area contributed by atoms with Gasteiger partial charge in [0.2, 0.25) is 0 Å². The number of carbonyl (C=O) groups excluding carboxylic acids is 1. The molecule has 4 rings (SSSR count). The number of hydrogen-bond acceptors (Lipinski definition) is 5. The predicted octanol–water partition coefficient (Wildman–Crippen LogP) is 2.17. The number of pyridine rings is 1. The third kappa shape index (κ3) is 3.74. The second-order valence-corrected chi connectivity index (χ2v) is 6.85. The number of nitrogens with one attached hydrogen (secondary N) is 1. The monoisotopic (exact) mass is 383 g/mol. The zero-order valence-electron chi connectivity index (χ0n) is 15.7. The zero-order valence-corrected chi connectivity index (χ0v) is 15.7. The molecule has 1 saturated heterocycles. The van der Waals surface area contributed by atoms with Crippen LogP contribution in [0.4, 0.5) is 4.39 Å². The summed E-state index contributed by atoms with van der Waals surface area (Å²) in [6.07, 6.45) is 3.30. The number of carbonyl (C=O) groups is 1. The molecule has 28 heavy (non-hydrogen) atoms. The zero-order chi connectivity index (χ0) is 19.5. The molecule has 7 nitrogen and oxygen atoms in total. The van der Waals surface area contributed by atoms with Crippen molar-refractivity contribution in [2.45, 2.75) is 0 Å². The first-order valence-corrected chi connectivity index (χ1v) is 9.25. The van der Waals surface area contributed by atoms with E-state index in [1.54, 1.807) is 36.5 Å². The molecule has 0 saturated carbocycles. The second kappa shape index (κ2) is 8.04. The Morgan fingerprint density at radius 2 is 2.07 bits per heavy atom. The lowest BCUT2D eigenvalue weighted by Gasteiger charge is -2.34. The molecular weight excluding hydrogens is 361 g/mol. The first kappa shape index (κ1) is 18.5. The molecule has 0 unspecified atom stereocenters. The van der Waals surface area contributed by atoms with Crippen LogP contribution in [0.2, 0.25) is 0 Å². The third-order valence-electron chi connectivity index (χ3n) is 5.06. The number of fused-ring (bicyclic) bond motifs is 1. The van der Waals surface area contributed by atoms with Crippen molar-refractivity contribution in [2.75, 3.05) is 46.4 Å². The van der Waals surface area contributed by atoms with E-state index < -0.39 is 5.82 Å². The van der Waals surface area contributed by atoms with Gasteiger partial charge < -0.3 is 9.64 Å². The fourth-order valence-corrected chi connectivity index (χ4v) is 3.53. The third-order valence-corrected chi connectivity index (χ3v) is 5.06. The quantitative estimate of drug-likeness (QED) is 0.731. The topological polar surface area (TPSA) is 74.3 Å². The van der Waals surface area contributed by atoms with Crippen molar-refractivity contribution in [3.05, 3.63) is 48.0 Å². The van der Waals surface area contributed by atoms with Crippen LogP contribution < -0.4 is 0 Å². The van der Waals surface area contributed by atoms with Crippen molar-refractivity contribution >= 4 is 16.8 Å². The first-order valence-electron chi connectivity index (χ1n) is 9.25. The van der Waals surface area contributed by atoms with E-state index in [0.29, 0.717) is 36.5 Å². The van der Waals surface area contributed by atoms with Gasteiger partial charge in [-0.2, -0.15) is 5.10 Å². The van der Waals surface area contributed by atoms with Gasteiger partial charge in [-0.1, -0.05) is 0 Å². The molecule has 1 aliphatic rings. The highest BCUT2D eigenvalue weighted by atomic mass is 19.1. The Kier molecular flexibility index (Phi) is 5.31. The van der Waals surface area contributed by atoms with Gasteiger partial charge in [-0.3, -0.25) is 19.8 Å². The molecule has 0 radical (unpaired) electrons. The van der Waals surface area contributed by atoms with Crippen LogP contribution in [0.3, 0.4) is 0 Å². The Balaban J connectivity index is 1.56. The van der Waals surface area contributed by atoms with Gasteiger partial charge in [0.1, 0.15) is 5.82 Å². The van der Waals surface area contributed by atoms with Crippen molar-refractivity contribution in [2.24, 2.45) is 0 Å². The van der Waals surface area contributed by atoms with Gasteiger partial charge in [0, 0.05) is 62.5 Å². The molecule has 1 aliphatic heterocycles. The van der Waals surface area contributed by atoms with E-state index in [1.807, 2.05) is 0 Å². The molecule has 3 heterocycles. The number of piperazine rings is 1. The molecule has 1 N–H and O–H groups in total. The van der Waals surface area contributed by atoms with Crippen molar-refractivity contribution in [1.82, 2.24) is 25.0 Å². The SMILES string of the molecule is COCCN1CCN(C(=O)c2cc(F)cc(-c3nccc4[nH]ncc34)c2)CC1.